The Kier molecular flexibility index (Phi) is 6.88. The molecule has 0 saturated heterocycles. The summed E-state index contributed by atoms with van der Waals surface area (Å²) in [4.78, 5) is 23.2. The van der Waals surface area contributed by atoms with Gasteiger partial charge in [-0.05, 0) is 31.5 Å². The minimum absolute atomic E-state index is 0.0264. The van der Waals surface area contributed by atoms with Gasteiger partial charge in [-0.25, -0.2) is 0 Å². The number of carbonyl (C=O) groups excluding carboxylic acids is 2. The quantitative estimate of drug-likeness (QED) is 0.810. The van der Waals surface area contributed by atoms with Crippen LogP contribution in [0.3, 0.4) is 0 Å². The van der Waals surface area contributed by atoms with E-state index in [2.05, 4.69) is 10.6 Å². The van der Waals surface area contributed by atoms with Crippen molar-refractivity contribution in [2.75, 3.05) is 11.9 Å². The predicted molar refractivity (Wildman–Crippen MR) is 82.8 cm³/mol. The molecule has 2 amide bonds. The molecule has 0 bridgehead atoms. The molecule has 0 aliphatic rings. The average molecular weight is 292 g/mol. The van der Waals surface area contributed by atoms with E-state index in [9.17, 15) is 9.59 Å². The van der Waals surface area contributed by atoms with Gasteiger partial charge >= 0.3 is 0 Å². The van der Waals surface area contributed by atoms with Crippen LogP contribution < -0.4 is 10.6 Å². The first-order chi connectivity index (χ1) is 9.88. The second kappa shape index (κ2) is 8.42. The first-order valence-electron chi connectivity index (χ1n) is 7.16. The molecule has 0 radical (unpaired) electrons. The molecule has 0 fully saturated rings. The first-order valence-corrected chi connectivity index (χ1v) is 7.16. The number of hydrogen-bond acceptors (Lipinski definition) is 3. The molecule has 0 aliphatic carbocycles. The molecular weight excluding hydrogens is 268 g/mol. The maximum atomic E-state index is 11.6. The van der Waals surface area contributed by atoms with Gasteiger partial charge in [-0.15, -0.1) is 0 Å². The van der Waals surface area contributed by atoms with E-state index in [1.165, 1.54) is 0 Å². The maximum absolute atomic E-state index is 11.6. The number of anilines is 1. The summed E-state index contributed by atoms with van der Waals surface area (Å²) in [6.45, 7) is 7.91. The van der Waals surface area contributed by atoms with Gasteiger partial charge in [0.15, 0.2) is 0 Å². The second-order valence-corrected chi connectivity index (χ2v) is 5.48. The molecule has 21 heavy (non-hydrogen) atoms. The predicted octanol–water partition coefficient (Wildman–Crippen LogP) is 2.32. The summed E-state index contributed by atoms with van der Waals surface area (Å²) in [5.74, 6) is -0.247. The molecular formula is C16H24N2O3. The molecule has 0 aromatic heterocycles. The molecule has 0 atom stereocenters. The van der Waals surface area contributed by atoms with E-state index in [1.807, 2.05) is 52.0 Å². The lowest BCUT2D eigenvalue weighted by Gasteiger charge is -2.11. The highest BCUT2D eigenvalue weighted by Gasteiger charge is 2.08. The Bertz CT molecular complexity index is 484. The van der Waals surface area contributed by atoms with Crippen molar-refractivity contribution in [1.29, 1.82) is 0 Å². The normalized spacial score (nSPS) is 10.8. The zero-order chi connectivity index (χ0) is 15.8. The van der Waals surface area contributed by atoms with Crippen molar-refractivity contribution in [2.24, 2.45) is 5.92 Å². The minimum Gasteiger partial charge on any atom is -0.369 e. The topological polar surface area (TPSA) is 67.4 Å². The van der Waals surface area contributed by atoms with Gasteiger partial charge in [0.1, 0.15) is 6.61 Å². The molecule has 2 N–H and O–H groups in total. The highest BCUT2D eigenvalue weighted by molar-refractivity contribution is 5.92. The molecule has 1 aromatic carbocycles. The van der Waals surface area contributed by atoms with Gasteiger partial charge in [-0.2, -0.15) is 0 Å². The van der Waals surface area contributed by atoms with Crippen LogP contribution in [0.4, 0.5) is 5.69 Å². The summed E-state index contributed by atoms with van der Waals surface area (Å²) in [6.07, 6.45) is 0.0327. The minimum atomic E-state index is -0.152. The van der Waals surface area contributed by atoms with Crippen molar-refractivity contribution < 1.29 is 14.3 Å². The number of amides is 2. The van der Waals surface area contributed by atoms with Crippen molar-refractivity contribution >= 4 is 17.5 Å². The fourth-order valence-corrected chi connectivity index (χ4v) is 1.54. The van der Waals surface area contributed by atoms with E-state index in [-0.39, 0.29) is 30.4 Å². The van der Waals surface area contributed by atoms with E-state index in [4.69, 9.17) is 4.74 Å². The molecule has 0 spiro atoms. The van der Waals surface area contributed by atoms with Crippen LogP contribution in [0.25, 0.3) is 0 Å². The fourth-order valence-electron chi connectivity index (χ4n) is 1.54. The fraction of sp³-hybridized carbons (Fsp3) is 0.500. The standard InChI is InChI=1S/C16H24N2O3/c1-11(2)16(20)18-14-7-5-6-13(8-14)9-17-15(19)10-21-12(3)4/h5-8,11-12H,9-10H2,1-4H3,(H,17,19)(H,18,20). The lowest BCUT2D eigenvalue weighted by Crippen LogP contribution is -2.28. The van der Waals surface area contributed by atoms with Crippen LogP contribution in [-0.2, 0) is 20.9 Å². The third kappa shape index (κ3) is 6.90. The van der Waals surface area contributed by atoms with Gasteiger partial charge in [-0.3, -0.25) is 9.59 Å². The SMILES string of the molecule is CC(C)OCC(=O)NCc1cccc(NC(=O)C(C)C)c1. The largest absolute Gasteiger partial charge is 0.369 e. The van der Waals surface area contributed by atoms with Crippen molar-refractivity contribution in [2.45, 2.75) is 40.3 Å². The van der Waals surface area contributed by atoms with Crippen molar-refractivity contribution in [3.8, 4) is 0 Å². The summed E-state index contributed by atoms with van der Waals surface area (Å²) in [7, 11) is 0. The molecule has 0 unspecified atom stereocenters. The Morgan fingerprint density at radius 3 is 2.52 bits per heavy atom. The Morgan fingerprint density at radius 2 is 1.90 bits per heavy atom. The van der Waals surface area contributed by atoms with E-state index in [0.717, 1.165) is 11.3 Å². The summed E-state index contributed by atoms with van der Waals surface area (Å²) < 4.78 is 5.23. The molecule has 0 heterocycles. The third-order valence-corrected chi connectivity index (χ3v) is 2.76. The first kappa shape index (κ1) is 17.2. The molecule has 1 aromatic rings. The summed E-state index contributed by atoms with van der Waals surface area (Å²) in [6, 6.07) is 7.42. The lowest BCUT2D eigenvalue weighted by atomic mass is 10.1. The smallest absolute Gasteiger partial charge is 0.246 e. The van der Waals surface area contributed by atoms with Gasteiger partial charge in [0.05, 0.1) is 6.10 Å². The maximum Gasteiger partial charge on any atom is 0.246 e. The Labute approximate surface area is 126 Å². The summed E-state index contributed by atoms with van der Waals surface area (Å²) in [5.41, 5.74) is 1.66. The number of rotatable bonds is 7. The Hall–Kier alpha value is -1.88. The van der Waals surface area contributed by atoms with Gasteiger partial charge in [0.25, 0.3) is 0 Å². The van der Waals surface area contributed by atoms with E-state index in [1.54, 1.807) is 0 Å². The van der Waals surface area contributed by atoms with Crippen LogP contribution in [0.5, 0.6) is 0 Å². The average Bonchev–Trinajstić information content (AvgIpc) is 2.43. The van der Waals surface area contributed by atoms with E-state index >= 15 is 0 Å². The summed E-state index contributed by atoms with van der Waals surface area (Å²) in [5, 5.41) is 5.61. The van der Waals surface area contributed by atoms with Crippen molar-refractivity contribution in [3.63, 3.8) is 0 Å². The lowest BCUT2D eigenvalue weighted by molar-refractivity contribution is -0.127. The van der Waals surface area contributed by atoms with Crippen LogP contribution in [0.2, 0.25) is 0 Å². The highest BCUT2D eigenvalue weighted by Crippen LogP contribution is 2.11. The van der Waals surface area contributed by atoms with Gasteiger partial charge in [-0.1, -0.05) is 26.0 Å². The number of carbonyl (C=O) groups is 2. The van der Waals surface area contributed by atoms with Crippen LogP contribution in [0.15, 0.2) is 24.3 Å². The third-order valence-electron chi connectivity index (χ3n) is 2.76. The van der Waals surface area contributed by atoms with Gasteiger partial charge < -0.3 is 15.4 Å². The summed E-state index contributed by atoms with van der Waals surface area (Å²) >= 11 is 0. The van der Waals surface area contributed by atoms with E-state index < -0.39 is 0 Å². The second-order valence-electron chi connectivity index (χ2n) is 5.48. The zero-order valence-corrected chi connectivity index (χ0v) is 13.1. The van der Waals surface area contributed by atoms with Crippen LogP contribution in [0, 0.1) is 5.92 Å². The Morgan fingerprint density at radius 1 is 1.19 bits per heavy atom. The molecule has 5 nitrogen and oxygen atoms in total. The van der Waals surface area contributed by atoms with Gasteiger partial charge in [0, 0.05) is 18.2 Å². The molecule has 5 heteroatoms. The zero-order valence-electron chi connectivity index (χ0n) is 13.1. The number of ether oxygens (including phenoxy) is 1. The molecule has 0 aliphatic heterocycles. The molecule has 116 valence electrons. The monoisotopic (exact) mass is 292 g/mol. The van der Waals surface area contributed by atoms with Crippen molar-refractivity contribution in [3.05, 3.63) is 29.8 Å². The van der Waals surface area contributed by atoms with Gasteiger partial charge in [0.2, 0.25) is 11.8 Å². The molecule has 1 rings (SSSR count). The molecule has 0 saturated carbocycles. The number of hydrogen-bond donors (Lipinski definition) is 2. The van der Waals surface area contributed by atoms with Crippen LogP contribution >= 0.6 is 0 Å². The number of benzene rings is 1. The number of nitrogens with one attached hydrogen (secondary N) is 2. The van der Waals surface area contributed by atoms with Crippen LogP contribution in [0.1, 0.15) is 33.3 Å². The van der Waals surface area contributed by atoms with Crippen LogP contribution in [-0.4, -0.2) is 24.5 Å². The van der Waals surface area contributed by atoms with E-state index in [0.29, 0.717) is 6.54 Å². The van der Waals surface area contributed by atoms with Crippen molar-refractivity contribution in [1.82, 2.24) is 5.32 Å². The highest BCUT2D eigenvalue weighted by atomic mass is 16.5. The Balaban J connectivity index is 2.49.